The number of aliphatic hydroxyl groups is 1. The number of anilines is 1. The second-order valence-corrected chi connectivity index (χ2v) is 13.6. The number of Topliss-reactive ketones (excluding diaryl/α,β-unsaturated/α-hetero) is 1. The van der Waals surface area contributed by atoms with Gasteiger partial charge in [-0.3, -0.25) is 14.5 Å². The molecular weight excluding hydrogens is 648 g/mol. The Balaban J connectivity index is 1.36. The van der Waals surface area contributed by atoms with E-state index < -0.39 is 23.5 Å². The van der Waals surface area contributed by atoms with Crippen LogP contribution < -0.4 is 14.4 Å². The second kappa shape index (κ2) is 13.4. The summed E-state index contributed by atoms with van der Waals surface area (Å²) in [6.07, 6.45) is 0. The number of nitrogens with zero attached hydrogens (tertiary/aromatic N) is 4. The Morgan fingerprint density at radius 2 is 1.76 bits per heavy atom. The number of aliphatic hydroxyl groups excluding tert-OH is 1. The molecule has 3 heterocycles. The highest BCUT2D eigenvalue weighted by Crippen LogP contribution is 2.46. The zero-order chi connectivity index (χ0) is 32.4. The zero-order valence-corrected chi connectivity index (χ0v) is 27.3. The van der Waals surface area contributed by atoms with Crippen molar-refractivity contribution in [2.45, 2.75) is 36.6 Å². The number of amides is 1. The van der Waals surface area contributed by atoms with Crippen molar-refractivity contribution in [1.82, 2.24) is 15.2 Å². The highest BCUT2D eigenvalue weighted by atomic mass is 32.2. The average Bonchev–Trinajstić information content (AvgIpc) is 3.74. The third-order valence-corrected chi connectivity index (χ3v) is 10.4. The Morgan fingerprint density at radius 1 is 1.00 bits per heavy atom. The number of benzene rings is 3. The van der Waals surface area contributed by atoms with Crippen LogP contribution in [0.5, 0.6) is 11.5 Å². The number of aryl methyl sites for hydroxylation is 2. The molecule has 1 atom stereocenters. The summed E-state index contributed by atoms with van der Waals surface area (Å²) in [5, 5.41) is 20.7. The Morgan fingerprint density at radius 3 is 2.46 bits per heavy atom. The largest absolute Gasteiger partial charge is 0.503 e. The molecule has 1 aliphatic heterocycles. The first-order chi connectivity index (χ1) is 22.2. The molecule has 0 saturated carbocycles. The maximum Gasteiger partial charge on any atom is 0.296 e. The van der Waals surface area contributed by atoms with Crippen molar-refractivity contribution in [2.75, 3.05) is 12.0 Å². The first kappa shape index (κ1) is 31.4. The van der Waals surface area contributed by atoms with Gasteiger partial charge in [-0.2, -0.15) is 0 Å². The number of ether oxygens (including phenoxy) is 2. The van der Waals surface area contributed by atoms with Gasteiger partial charge in [0.1, 0.15) is 12.4 Å². The molecule has 1 amide bonds. The van der Waals surface area contributed by atoms with E-state index in [-0.39, 0.29) is 16.5 Å². The van der Waals surface area contributed by atoms with Crippen LogP contribution in [0.25, 0.3) is 0 Å². The number of hydrogen-bond acceptors (Lipinski definition) is 11. The molecule has 0 bridgehead atoms. The molecule has 0 radical (unpaired) electrons. The number of carbonyl (C=O) groups is 2. The molecule has 46 heavy (non-hydrogen) atoms. The molecular formula is C33H27FN4O5S3. The molecule has 0 saturated heterocycles. The Bertz CT molecular complexity index is 1940. The number of halogens is 1. The number of rotatable bonds is 11. The van der Waals surface area contributed by atoms with Gasteiger partial charge in [-0.1, -0.05) is 71.6 Å². The van der Waals surface area contributed by atoms with Crippen molar-refractivity contribution in [3.8, 4) is 11.5 Å². The topological polar surface area (TPSA) is 115 Å². The molecule has 0 aliphatic carbocycles. The lowest BCUT2D eigenvalue weighted by Gasteiger charge is -2.25. The van der Waals surface area contributed by atoms with Crippen LogP contribution in [0, 0.1) is 19.7 Å². The molecule has 1 unspecified atom stereocenters. The lowest BCUT2D eigenvalue weighted by molar-refractivity contribution is -0.117. The number of thiazole rings is 1. The summed E-state index contributed by atoms with van der Waals surface area (Å²) in [6.45, 7) is 3.81. The molecule has 5 aromatic rings. The van der Waals surface area contributed by atoms with Gasteiger partial charge >= 0.3 is 0 Å². The number of aromatic nitrogens is 3. The Kier molecular flexibility index (Phi) is 9.15. The average molecular weight is 675 g/mol. The summed E-state index contributed by atoms with van der Waals surface area (Å²) in [7, 11) is 1.50. The van der Waals surface area contributed by atoms with Gasteiger partial charge in [0.2, 0.25) is 10.9 Å². The summed E-state index contributed by atoms with van der Waals surface area (Å²) >= 11 is 3.72. The zero-order valence-electron chi connectivity index (χ0n) is 24.9. The van der Waals surface area contributed by atoms with Crippen molar-refractivity contribution in [2.24, 2.45) is 0 Å². The first-order valence-electron chi connectivity index (χ1n) is 14.0. The fourth-order valence-electron chi connectivity index (χ4n) is 5.01. The standard InChI is InChI=1S/C33H27FN4O5S3/c1-18-30(45-19(2)35-18)28(39)26-27(22-11-14-24(25(15-22)42-3)43-16-20-7-5-4-6-8-20)38(31(41)29(26)40)32-36-37-33(46-32)44-17-21-9-12-23(34)13-10-21/h4-15,27,40H,16-17H2,1-3H3. The third kappa shape index (κ3) is 6.39. The van der Waals surface area contributed by atoms with E-state index in [1.54, 1.807) is 44.2 Å². The van der Waals surface area contributed by atoms with E-state index in [1.807, 2.05) is 30.3 Å². The number of hydrogen-bond donors (Lipinski definition) is 1. The lowest BCUT2D eigenvalue weighted by atomic mass is 9.95. The van der Waals surface area contributed by atoms with E-state index in [9.17, 15) is 19.1 Å². The lowest BCUT2D eigenvalue weighted by Crippen LogP contribution is -2.31. The SMILES string of the molecule is COc1cc(C2C(C(=O)c3sc(C)nc3C)=C(O)C(=O)N2c2nnc(SCc3ccc(F)cc3)s2)ccc1OCc1ccccc1. The van der Waals surface area contributed by atoms with Gasteiger partial charge in [-0.05, 0) is 54.8 Å². The van der Waals surface area contributed by atoms with Gasteiger partial charge in [-0.25, -0.2) is 9.37 Å². The van der Waals surface area contributed by atoms with Crippen LogP contribution in [-0.4, -0.2) is 39.1 Å². The Hall–Kier alpha value is -4.59. The summed E-state index contributed by atoms with van der Waals surface area (Å²) in [5.41, 5.74) is 2.78. The van der Waals surface area contributed by atoms with Gasteiger partial charge in [0, 0.05) is 5.75 Å². The molecule has 1 aliphatic rings. The van der Waals surface area contributed by atoms with Crippen LogP contribution in [-0.2, 0) is 17.2 Å². The highest BCUT2D eigenvalue weighted by molar-refractivity contribution is 8.00. The van der Waals surface area contributed by atoms with Crippen LogP contribution in [0.1, 0.15) is 43.1 Å². The van der Waals surface area contributed by atoms with E-state index in [1.165, 1.54) is 47.2 Å². The molecule has 13 heteroatoms. The van der Waals surface area contributed by atoms with Crippen molar-refractivity contribution in [3.63, 3.8) is 0 Å². The van der Waals surface area contributed by atoms with Crippen molar-refractivity contribution >= 4 is 51.3 Å². The fourth-order valence-corrected chi connectivity index (χ4v) is 7.70. The molecule has 1 N–H and O–H groups in total. The molecule has 0 spiro atoms. The number of ketones is 1. The van der Waals surface area contributed by atoms with E-state index >= 15 is 0 Å². The third-order valence-electron chi connectivity index (χ3n) is 7.18. The van der Waals surface area contributed by atoms with E-state index in [0.29, 0.717) is 49.3 Å². The van der Waals surface area contributed by atoms with Crippen LogP contribution in [0.2, 0.25) is 0 Å². The van der Waals surface area contributed by atoms with E-state index in [4.69, 9.17) is 9.47 Å². The van der Waals surface area contributed by atoms with Gasteiger partial charge in [0.15, 0.2) is 21.6 Å². The van der Waals surface area contributed by atoms with Crippen molar-refractivity contribution in [1.29, 1.82) is 0 Å². The number of carbonyl (C=O) groups excluding carboxylic acids is 2. The van der Waals surface area contributed by atoms with Gasteiger partial charge in [-0.15, -0.1) is 21.5 Å². The van der Waals surface area contributed by atoms with E-state index in [0.717, 1.165) is 22.5 Å². The minimum Gasteiger partial charge on any atom is -0.503 e. The van der Waals surface area contributed by atoms with Crippen LogP contribution in [0.15, 0.2) is 88.5 Å². The van der Waals surface area contributed by atoms with Crippen LogP contribution >= 0.6 is 34.4 Å². The maximum absolute atomic E-state index is 14.0. The quantitative estimate of drug-likeness (QED) is 0.0869. The van der Waals surface area contributed by atoms with Gasteiger partial charge in [0.05, 0.1) is 34.3 Å². The molecule has 9 nitrogen and oxygen atoms in total. The maximum atomic E-state index is 14.0. The van der Waals surface area contributed by atoms with Crippen LogP contribution in [0.3, 0.4) is 0 Å². The molecule has 6 rings (SSSR count). The summed E-state index contributed by atoms with van der Waals surface area (Å²) in [5.74, 6) is -0.903. The van der Waals surface area contributed by atoms with Gasteiger partial charge in [0.25, 0.3) is 5.91 Å². The fraction of sp³-hybridized carbons (Fsp3) is 0.182. The highest BCUT2D eigenvalue weighted by Gasteiger charge is 2.47. The summed E-state index contributed by atoms with van der Waals surface area (Å²) in [4.78, 5) is 33.7. The Labute approximate surface area is 276 Å². The normalized spacial score (nSPS) is 14.7. The first-order valence-corrected chi connectivity index (χ1v) is 16.7. The number of thioether (sulfide) groups is 1. The van der Waals surface area contributed by atoms with Crippen molar-refractivity contribution < 1.29 is 28.6 Å². The van der Waals surface area contributed by atoms with E-state index in [2.05, 4.69) is 15.2 Å². The molecule has 3 aromatic carbocycles. The minimum absolute atomic E-state index is 0.0903. The molecule has 0 fully saturated rings. The second-order valence-electron chi connectivity index (χ2n) is 10.3. The summed E-state index contributed by atoms with van der Waals surface area (Å²) in [6, 6.07) is 19.9. The molecule has 2 aromatic heterocycles. The summed E-state index contributed by atoms with van der Waals surface area (Å²) < 4.78 is 25.6. The van der Waals surface area contributed by atoms with Gasteiger partial charge < -0.3 is 14.6 Å². The molecule has 234 valence electrons. The van der Waals surface area contributed by atoms with Crippen LogP contribution in [0.4, 0.5) is 9.52 Å². The number of methoxy groups -OCH3 is 1. The predicted molar refractivity (Wildman–Crippen MR) is 175 cm³/mol. The van der Waals surface area contributed by atoms with Crippen molar-refractivity contribution in [3.05, 3.63) is 122 Å². The predicted octanol–water partition coefficient (Wildman–Crippen LogP) is 7.41. The minimum atomic E-state index is -1.04. The monoisotopic (exact) mass is 674 g/mol. The smallest absolute Gasteiger partial charge is 0.296 e.